The molecule has 0 aliphatic heterocycles. The Morgan fingerprint density at radius 3 is 2.72 bits per heavy atom. The lowest BCUT2D eigenvalue weighted by Crippen LogP contribution is -2.01. The van der Waals surface area contributed by atoms with Crippen molar-refractivity contribution in [3.63, 3.8) is 0 Å². The first-order valence-corrected chi connectivity index (χ1v) is 6.61. The van der Waals surface area contributed by atoms with Gasteiger partial charge in [0.1, 0.15) is 0 Å². The van der Waals surface area contributed by atoms with Crippen molar-refractivity contribution in [2.45, 2.75) is 6.54 Å². The summed E-state index contributed by atoms with van der Waals surface area (Å²) in [4.78, 5) is 0. The Morgan fingerprint density at radius 1 is 1.06 bits per heavy atom. The van der Waals surface area contributed by atoms with E-state index in [0.29, 0.717) is 0 Å². The first-order chi connectivity index (χ1) is 8.74. The molecule has 3 heteroatoms. The number of benzene rings is 2. The van der Waals surface area contributed by atoms with Gasteiger partial charge in [-0.15, -0.1) is 0 Å². The number of hydrogen-bond donors (Lipinski definition) is 1. The van der Waals surface area contributed by atoms with Crippen LogP contribution in [0, 0.1) is 0 Å². The molecular formula is C15H13BrN2. The van der Waals surface area contributed by atoms with Crippen molar-refractivity contribution in [2.75, 3.05) is 5.73 Å². The molecule has 1 aromatic heterocycles. The van der Waals surface area contributed by atoms with Crippen LogP contribution in [0.5, 0.6) is 0 Å². The molecule has 0 atom stereocenters. The molecule has 3 aromatic rings. The van der Waals surface area contributed by atoms with E-state index in [1.165, 1.54) is 10.9 Å². The van der Waals surface area contributed by atoms with E-state index in [0.717, 1.165) is 22.3 Å². The van der Waals surface area contributed by atoms with Gasteiger partial charge in [0.15, 0.2) is 0 Å². The zero-order valence-corrected chi connectivity index (χ0v) is 11.4. The maximum Gasteiger partial charge on any atom is 0.0496 e. The first-order valence-electron chi connectivity index (χ1n) is 5.82. The summed E-state index contributed by atoms with van der Waals surface area (Å²) >= 11 is 3.49. The molecule has 2 nitrogen and oxygen atoms in total. The van der Waals surface area contributed by atoms with Crippen LogP contribution in [0.4, 0.5) is 5.69 Å². The first kappa shape index (κ1) is 11.4. The Hall–Kier alpha value is -1.74. The second-order valence-corrected chi connectivity index (χ2v) is 5.26. The van der Waals surface area contributed by atoms with E-state index < -0.39 is 0 Å². The predicted molar refractivity (Wildman–Crippen MR) is 79.6 cm³/mol. The zero-order valence-electron chi connectivity index (χ0n) is 9.81. The topological polar surface area (TPSA) is 30.9 Å². The predicted octanol–water partition coefficient (Wildman–Crippen LogP) is 4.03. The monoisotopic (exact) mass is 300 g/mol. The molecule has 0 bridgehead atoms. The molecule has 2 aromatic carbocycles. The fourth-order valence-corrected chi connectivity index (χ4v) is 2.55. The van der Waals surface area contributed by atoms with E-state index >= 15 is 0 Å². The van der Waals surface area contributed by atoms with E-state index in [2.05, 4.69) is 57.0 Å². The van der Waals surface area contributed by atoms with Gasteiger partial charge < -0.3 is 10.3 Å². The third-order valence-corrected chi connectivity index (χ3v) is 3.62. The summed E-state index contributed by atoms with van der Waals surface area (Å²) in [6.07, 6.45) is 2.10. The number of anilines is 1. The van der Waals surface area contributed by atoms with E-state index in [-0.39, 0.29) is 0 Å². The number of nitrogen functional groups attached to an aromatic ring is 1. The minimum absolute atomic E-state index is 0.803. The Kier molecular flexibility index (Phi) is 2.84. The lowest BCUT2D eigenvalue weighted by atomic mass is 10.2. The Balaban J connectivity index is 2.03. The van der Waals surface area contributed by atoms with Crippen LogP contribution in [-0.4, -0.2) is 4.57 Å². The summed E-state index contributed by atoms with van der Waals surface area (Å²) in [7, 11) is 0. The zero-order chi connectivity index (χ0) is 12.5. The highest BCUT2D eigenvalue weighted by atomic mass is 79.9. The number of nitrogens with zero attached hydrogens (tertiary/aromatic N) is 1. The van der Waals surface area contributed by atoms with E-state index in [9.17, 15) is 0 Å². The number of para-hydroxylation sites is 1. The van der Waals surface area contributed by atoms with Gasteiger partial charge in [0.25, 0.3) is 0 Å². The Morgan fingerprint density at radius 2 is 1.89 bits per heavy atom. The third kappa shape index (κ3) is 2.02. The summed E-state index contributed by atoms with van der Waals surface area (Å²) in [5, 5.41) is 1.24. The fraction of sp³-hybridized carbons (Fsp3) is 0.0667. The van der Waals surface area contributed by atoms with Gasteiger partial charge in [-0.1, -0.05) is 34.1 Å². The Labute approximate surface area is 114 Å². The summed E-state index contributed by atoms with van der Waals surface area (Å²) in [5.41, 5.74) is 9.20. The highest BCUT2D eigenvalue weighted by Gasteiger charge is 2.04. The third-order valence-electron chi connectivity index (χ3n) is 3.13. The number of nitrogens with two attached hydrogens (primary N) is 1. The molecule has 2 N–H and O–H groups in total. The van der Waals surface area contributed by atoms with E-state index in [4.69, 9.17) is 5.73 Å². The molecule has 0 aliphatic carbocycles. The molecule has 0 radical (unpaired) electrons. The van der Waals surface area contributed by atoms with Crippen LogP contribution in [0.3, 0.4) is 0 Å². The standard InChI is InChI=1S/C15H13BrN2/c16-13-5-6-15-11(9-13)7-8-18(15)10-12-3-1-2-4-14(12)17/h1-9H,10,17H2. The van der Waals surface area contributed by atoms with Gasteiger partial charge in [-0.05, 0) is 35.9 Å². The molecule has 0 unspecified atom stereocenters. The second-order valence-electron chi connectivity index (χ2n) is 4.35. The SMILES string of the molecule is Nc1ccccc1Cn1ccc2cc(Br)ccc21. The van der Waals surface area contributed by atoms with Crippen molar-refractivity contribution in [3.8, 4) is 0 Å². The highest BCUT2D eigenvalue weighted by molar-refractivity contribution is 9.10. The highest BCUT2D eigenvalue weighted by Crippen LogP contribution is 2.22. The van der Waals surface area contributed by atoms with Crippen molar-refractivity contribution in [1.82, 2.24) is 4.57 Å². The average Bonchev–Trinajstić information content (AvgIpc) is 2.74. The summed E-state index contributed by atoms with van der Waals surface area (Å²) in [6, 6.07) is 16.4. The van der Waals surface area contributed by atoms with Gasteiger partial charge >= 0.3 is 0 Å². The molecule has 0 amide bonds. The summed E-state index contributed by atoms with van der Waals surface area (Å²) < 4.78 is 3.32. The Bertz CT molecular complexity index is 701. The molecule has 18 heavy (non-hydrogen) atoms. The second kappa shape index (κ2) is 4.50. The maximum atomic E-state index is 5.98. The van der Waals surface area contributed by atoms with Crippen LogP contribution >= 0.6 is 15.9 Å². The lowest BCUT2D eigenvalue weighted by Gasteiger charge is -2.08. The van der Waals surface area contributed by atoms with Crippen molar-refractivity contribution >= 4 is 32.5 Å². The molecule has 1 heterocycles. The van der Waals surface area contributed by atoms with Gasteiger partial charge in [-0.3, -0.25) is 0 Å². The van der Waals surface area contributed by atoms with Crippen LogP contribution < -0.4 is 5.73 Å². The maximum absolute atomic E-state index is 5.98. The number of hydrogen-bond acceptors (Lipinski definition) is 1. The minimum atomic E-state index is 0.803. The van der Waals surface area contributed by atoms with Gasteiger partial charge in [-0.25, -0.2) is 0 Å². The molecule has 0 saturated carbocycles. The molecule has 0 fully saturated rings. The fourth-order valence-electron chi connectivity index (χ4n) is 2.17. The molecule has 3 rings (SSSR count). The van der Waals surface area contributed by atoms with Crippen LogP contribution in [0.2, 0.25) is 0 Å². The minimum Gasteiger partial charge on any atom is -0.398 e. The van der Waals surface area contributed by atoms with Gasteiger partial charge in [0.05, 0.1) is 0 Å². The summed E-state index contributed by atoms with van der Waals surface area (Å²) in [6.45, 7) is 0.803. The van der Waals surface area contributed by atoms with Gasteiger partial charge in [-0.2, -0.15) is 0 Å². The molecular weight excluding hydrogens is 288 g/mol. The van der Waals surface area contributed by atoms with E-state index in [1.54, 1.807) is 0 Å². The van der Waals surface area contributed by atoms with Crippen molar-refractivity contribution in [2.24, 2.45) is 0 Å². The van der Waals surface area contributed by atoms with Crippen molar-refractivity contribution < 1.29 is 0 Å². The van der Waals surface area contributed by atoms with Gasteiger partial charge in [0.2, 0.25) is 0 Å². The number of halogens is 1. The van der Waals surface area contributed by atoms with Gasteiger partial charge in [0, 0.05) is 33.8 Å². The quantitative estimate of drug-likeness (QED) is 0.712. The molecule has 0 spiro atoms. The van der Waals surface area contributed by atoms with Crippen LogP contribution in [-0.2, 0) is 6.54 Å². The van der Waals surface area contributed by atoms with Crippen molar-refractivity contribution in [3.05, 3.63) is 64.8 Å². The summed E-state index contributed by atoms with van der Waals surface area (Å²) in [5.74, 6) is 0. The van der Waals surface area contributed by atoms with E-state index in [1.807, 2.05) is 18.2 Å². The molecule has 0 aliphatic rings. The number of rotatable bonds is 2. The van der Waals surface area contributed by atoms with Crippen LogP contribution in [0.25, 0.3) is 10.9 Å². The lowest BCUT2D eigenvalue weighted by molar-refractivity contribution is 0.839. The molecule has 90 valence electrons. The van der Waals surface area contributed by atoms with Crippen LogP contribution in [0.1, 0.15) is 5.56 Å². The largest absolute Gasteiger partial charge is 0.398 e. The van der Waals surface area contributed by atoms with Crippen LogP contribution in [0.15, 0.2) is 59.2 Å². The van der Waals surface area contributed by atoms with Crippen molar-refractivity contribution in [1.29, 1.82) is 0 Å². The normalized spacial score (nSPS) is 10.9. The number of aromatic nitrogens is 1. The smallest absolute Gasteiger partial charge is 0.0496 e. The number of fused-ring (bicyclic) bond motifs is 1. The average molecular weight is 301 g/mol. The molecule has 0 saturated heterocycles.